The van der Waals surface area contributed by atoms with Gasteiger partial charge < -0.3 is 19.7 Å². The summed E-state index contributed by atoms with van der Waals surface area (Å²) in [5.74, 6) is -0.866. The summed E-state index contributed by atoms with van der Waals surface area (Å²) in [5, 5.41) is 2.82. The molecule has 0 saturated carbocycles. The molecule has 1 fully saturated rings. The first kappa shape index (κ1) is 24.0. The average molecular weight is 473 g/mol. The molecule has 0 unspecified atom stereocenters. The molecule has 1 aliphatic heterocycles. The monoisotopic (exact) mass is 472 g/mol. The fraction of sp³-hybridized carbons (Fsp3) is 0.250. The van der Waals surface area contributed by atoms with Crippen molar-refractivity contribution in [2.24, 2.45) is 0 Å². The maximum Gasteiger partial charge on any atom is 0.338 e. The van der Waals surface area contributed by atoms with Crippen LogP contribution in [-0.2, 0) is 14.3 Å². The molecule has 1 aliphatic rings. The van der Waals surface area contributed by atoms with E-state index < -0.39 is 5.97 Å². The minimum Gasteiger partial charge on any atom is -0.452 e. The number of aryl methyl sites for hydroxylation is 1. The van der Waals surface area contributed by atoms with E-state index in [1.165, 1.54) is 19.8 Å². The van der Waals surface area contributed by atoms with Crippen molar-refractivity contribution in [2.75, 3.05) is 29.9 Å². The zero-order valence-electron chi connectivity index (χ0n) is 19.9. The standard InChI is InChI=1S/C28H28N2O5/c1-19-17-24(30-15-3-4-16-30)11-14-26(19)29-27(32)18-34-28(33)23-7-5-21(6-8-23)22-9-12-25(13-10-22)35-20(2)31/h5-14,17H,3-4,15-16,18H2,1-2H3,(H,29,32). The van der Waals surface area contributed by atoms with Gasteiger partial charge in [0.15, 0.2) is 6.61 Å². The molecule has 3 aromatic rings. The lowest BCUT2D eigenvalue weighted by Crippen LogP contribution is -2.22. The van der Waals surface area contributed by atoms with Crippen molar-refractivity contribution in [1.82, 2.24) is 0 Å². The summed E-state index contributed by atoms with van der Waals surface area (Å²) in [7, 11) is 0. The molecule has 4 rings (SSSR count). The third-order valence-electron chi connectivity index (χ3n) is 5.86. The number of carbonyl (C=O) groups excluding carboxylic acids is 3. The highest BCUT2D eigenvalue weighted by Crippen LogP contribution is 2.26. The third kappa shape index (κ3) is 6.26. The summed E-state index contributed by atoms with van der Waals surface area (Å²) in [5.41, 5.74) is 4.98. The summed E-state index contributed by atoms with van der Waals surface area (Å²) in [4.78, 5) is 38.1. The highest BCUT2D eigenvalue weighted by atomic mass is 16.5. The van der Waals surface area contributed by atoms with Crippen molar-refractivity contribution in [2.45, 2.75) is 26.7 Å². The van der Waals surface area contributed by atoms with E-state index in [0.29, 0.717) is 17.0 Å². The Labute approximate surface area is 204 Å². The van der Waals surface area contributed by atoms with Crippen molar-refractivity contribution in [3.05, 3.63) is 77.9 Å². The van der Waals surface area contributed by atoms with Crippen LogP contribution in [0.1, 0.15) is 35.7 Å². The van der Waals surface area contributed by atoms with Gasteiger partial charge in [-0.05, 0) is 78.9 Å². The quantitative estimate of drug-likeness (QED) is 0.386. The van der Waals surface area contributed by atoms with Crippen LogP contribution in [0.3, 0.4) is 0 Å². The maximum absolute atomic E-state index is 12.4. The normalized spacial score (nSPS) is 12.8. The molecule has 0 aromatic heterocycles. The number of rotatable bonds is 7. The van der Waals surface area contributed by atoms with Crippen LogP contribution in [0, 0.1) is 6.92 Å². The molecule has 1 saturated heterocycles. The molecular formula is C28H28N2O5. The number of anilines is 2. The van der Waals surface area contributed by atoms with Gasteiger partial charge in [0.1, 0.15) is 5.75 Å². The number of hydrogen-bond acceptors (Lipinski definition) is 6. The fourth-order valence-corrected chi connectivity index (χ4v) is 4.04. The lowest BCUT2D eigenvalue weighted by molar-refractivity contribution is -0.131. The number of benzene rings is 3. The molecule has 0 bridgehead atoms. The molecule has 7 heteroatoms. The number of nitrogens with one attached hydrogen (secondary N) is 1. The fourth-order valence-electron chi connectivity index (χ4n) is 4.04. The molecule has 1 amide bonds. The first-order valence-corrected chi connectivity index (χ1v) is 11.6. The topological polar surface area (TPSA) is 84.9 Å². The van der Waals surface area contributed by atoms with Gasteiger partial charge in [0.2, 0.25) is 0 Å². The molecule has 0 spiro atoms. The number of ether oxygens (including phenoxy) is 2. The smallest absolute Gasteiger partial charge is 0.338 e. The third-order valence-corrected chi connectivity index (χ3v) is 5.86. The van der Waals surface area contributed by atoms with Crippen LogP contribution >= 0.6 is 0 Å². The van der Waals surface area contributed by atoms with Crippen molar-refractivity contribution in [3.63, 3.8) is 0 Å². The Morgan fingerprint density at radius 2 is 1.51 bits per heavy atom. The predicted octanol–water partition coefficient (Wildman–Crippen LogP) is 4.98. The van der Waals surface area contributed by atoms with Crippen LogP contribution in [0.4, 0.5) is 11.4 Å². The van der Waals surface area contributed by atoms with Crippen molar-refractivity contribution in [3.8, 4) is 16.9 Å². The predicted molar refractivity (Wildman–Crippen MR) is 135 cm³/mol. The van der Waals surface area contributed by atoms with Crippen LogP contribution in [-0.4, -0.2) is 37.5 Å². The van der Waals surface area contributed by atoms with Gasteiger partial charge >= 0.3 is 11.9 Å². The first-order chi connectivity index (χ1) is 16.9. The van der Waals surface area contributed by atoms with E-state index in [2.05, 4.69) is 16.3 Å². The van der Waals surface area contributed by atoms with E-state index in [1.54, 1.807) is 36.4 Å². The number of esters is 2. The molecular weight excluding hydrogens is 444 g/mol. The number of hydrogen-bond donors (Lipinski definition) is 1. The van der Waals surface area contributed by atoms with Gasteiger partial charge in [0.05, 0.1) is 5.56 Å². The zero-order valence-corrected chi connectivity index (χ0v) is 19.9. The van der Waals surface area contributed by atoms with Crippen molar-refractivity contribution in [1.29, 1.82) is 0 Å². The molecule has 0 radical (unpaired) electrons. The average Bonchev–Trinajstić information content (AvgIpc) is 3.39. The number of amides is 1. The van der Waals surface area contributed by atoms with Crippen LogP contribution in [0.15, 0.2) is 66.7 Å². The summed E-state index contributed by atoms with van der Waals surface area (Å²) >= 11 is 0. The number of carbonyl (C=O) groups is 3. The Morgan fingerprint density at radius 3 is 2.11 bits per heavy atom. The van der Waals surface area contributed by atoms with Gasteiger partial charge in [-0.25, -0.2) is 4.79 Å². The summed E-state index contributed by atoms with van der Waals surface area (Å²) in [6.45, 7) is 5.05. The second-order valence-electron chi connectivity index (χ2n) is 8.51. The Morgan fingerprint density at radius 1 is 0.886 bits per heavy atom. The minimum absolute atomic E-state index is 0.351. The van der Waals surface area contributed by atoms with E-state index in [-0.39, 0.29) is 18.5 Å². The Kier molecular flexibility index (Phi) is 7.45. The molecule has 1 N–H and O–H groups in total. The highest BCUT2D eigenvalue weighted by molar-refractivity contribution is 5.96. The molecule has 0 aliphatic carbocycles. The lowest BCUT2D eigenvalue weighted by Gasteiger charge is -2.19. The minimum atomic E-state index is -0.571. The van der Waals surface area contributed by atoms with E-state index in [1.807, 2.05) is 31.2 Å². The lowest BCUT2D eigenvalue weighted by atomic mass is 10.0. The van der Waals surface area contributed by atoms with E-state index in [0.717, 1.165) is 35.5 Å². The van der Waals surface area contributed by atoms with Gasteiger partial charge in [-0.1, -0.05) is 24.3 Å². The Balaban J connectivity index is 1.29. The molecule has 7 nitrogen and oxygen atoms in total. The van der Waals surface area contributed by atoms with Crippen LogP contribution in [0.5, 0.6) is 5.75 Å². The Hall–Kier alpha value is -4.13. The maximum atomic E-state index is 12.4. The summed E-state index contributed by atoms with van der Waals surface area (Å²) < 4.78 is 10.2. The largest absolute Gasteiger partial charge is 0.452 e. The summed E-state index contributed by atoms with van der Waals surface area (Å²) in [6, 6.07) is 19.9. The van der Waals surface area contributed by atoms with Gasteiger partial charge in [0.25, 0.3) is 5.91 Å². The summed E-state index contributed by atoms with van der Waals surface area (Å²) in [6.07, 6.45) is 2.41. The van der Waals surface area contributed by atoms with E-state index in [9.17, 15) is 14.4 Å². The second kappa shape index (κ2) is 10.9. The van der Waals surface area contributed by atoms with Gasteiger partial charge in [-0.3, -0.25) is 9.59 Å². The van der Waals surface area contributed by atoms with Crippen LogP contribution in [0.25, 0.3) is 11.1 Å². The molecule has 35 heavy (non-hydrogen) atoms. The first-order valence-electron chi connectivity index (χ1n) is 11.6. The second-order valence-corrected chi connectivity index (χ2v) is 8.51. The number of nitrogens with zero attached hydrogens (tertiary/aromatic N) is 1. The zero-order chi connectivity index (χ0) is 24.8. The van der Waals surface area contributed by atoms with Crippen LogP contribution < -0.4 is 15.0 Å². The highest BCUT2D eigenvalue weighted by Gasteiger charge is 2.15. The van der Waals surface area contributed by atoms with Gasteiger partial charge in [-0.15, -0.1) is 0 Å². The Bertz CT molecular complexity index is 1210. The van der Waals surface area contributed by atoms with Crippen molar-refractivity contribution >= 4 is 29.2 Å². The molecule has 1 heterocycles. The molecule has 0 atom stereocenters. The molecule has 180 valence electrons. The van der Waals surface area contributed by atoms with E-state index in [4.69, 9.17) is 9.47 Å². The van der Waals surface area contributed by atoms with Gasteiger partial charge in [0, 0.05) is 31.4 Å². The van der Waals surface area contributed by atoms with Gasteiger partial charge in [-0.2, -0.15) is 0 Å². The van der Waals surface area contributed by atoms with E-state index >= 15 is 0 Å². The van der Waals surface area contributed by atoms with Crippen LogP contribution in [0.2, 0.25) is 0 Å². The van der Waals surface area contributed by atoms with Crippen molar-refractivity contribution < 1.29 is 23.9 Å². The molecule has 3 aromatic carbocycles. The SMILES string of the molecule is CC(=O)Oc1ccc(-c2ccc(C(=O)OCC(=O)Nc3ccc(N4CCCC4)cc3C)cc2)cc1.